The van der Waals surface area contributed by atoms with Crippen LogP contribution in [-0.4, -0.2) is 32.7 Å². The maximum absolute atomic E-state index is 13.4. The molecule has 0 spiro atoms. The van der Waals surface area contributed by atoms with Gasteiger partial charge in [0, 0.05) is 10.9 Å². The van der Waals surface area contributed by atoms with Crippen molar-refractivity contribution in [2.75, 3.05) is 0 Å². The first kappa shape index (κ1) is 22.8. The Morgan fingerprint density at radius 2 is 2.06 bits per heavy atom. The number of aryl methyl sites for hydroxylation is 1. The van der Waals surface area contributed by atoms with Gasteiger partial charge in [0.2, 0.25) is 0 Å². The molecule has 2 unspecified atom stereocenters. The molecule has 0 bridgehead atoms. The lowest BCUT2D eigenvalue weighted by Gasteiger charge is -2.24. The zero-order valence-electron chi connectivity index (χ0n) is 19.9. The van der Waals surface area contributed by atoms with Crippen molar-refractivity contribution in [3.8, 4) is 17.1 Å². The number of fused-ring (bicyclic) bond motifs is 5. The molecule has 3 aromatic rings. The summed E-state index contributed by atoms with van der Waals surface area (Å²) >= 11 is 0. The number of hydrogen-bond acceptors (Lipinski definition) is 6. The predicted octanol–water partition coefficient (Wildman–Crippen LogP) is 3.95. The molecule has 35 heavy (non-hydrogen) atoms. The molecular formula is C27H26N2O6. The molecule has 2 aromatic heterocycles. The highest BCUT2D eigenvalue weighted by molar-refractivity contribution is 5.90. The molecule has 8 nitrogen and oxygen atoms in total. The van der Waals surface area contributed by atoms with Gasteiger partial charge in [-0.15, -0.1) is 0 Å². The Balaban J connectivity index is 1.64. The van der Waals surface area contributed by atoms with E-state index < -0.39 is 18.0 Å². The van der Waals surface area contributed by atoms with Crippen molar-refractivity contribution in [2.45, 2.75) is 58.8 Å². The number of aliphatic carboxylic acids is 1. The first-order chi connectivity index (χ1) is 16.7. The van der Waals surface area contributed by atoms with Crippen LogP contribution in [0.5, 0.6) is 5.75 Å². The van der Waals surface area contributed by atoms with E-state index in [-0.39, 0.29) is 23.7 Å². The van der Waals surface area contributed by atoms with Gasteiger partial charge in [-0.2, -0.15) is 0 Å². The Hall–Kier alpha value is -3.94. The zero-order valence-corrected chi connectivity index (χ0v) is 19.9. The number of hydrogen-bond donors (Lipinski definition) is 1. The highest BCUT2D eigenvalue weighted by Crippen LogP contribution is 2.39. The SMILES string of the molecule is C=C(C(=O)O)C(C)Oc1ccc2nc3c(c(CC)c2c1)Cn1c-3cc2c(c1=O)COC(=O)C2CC. The number of aromatic nitrogens is 2. The number of carbonyl (C=O) groups excluding carboxylic acids is 1. The van der Waals surface area contributed by atoms with E-state index in [0.29, 0.717) is 30.7 Å². The molecule has 0 radical (unpaired) electrons. The van der Waals surface area contributed by atoms with Crippen molar-refractivity contribution < 1.29 is 24.2 Å². The fourth-order valence-electron chi connectivity index (χ4n) is 5.09. The van der Waals surface area contributed by atoms with Gasteiger partial charge in [0.05, 0.1) is 40.5 Å². The van der Waals surface area contributed by atoms with E-state index in [1.807, 2.05) is 32.0 Å². The van der Waals surface area contributed by atoms with Gasteiger partial charge < -0.3 is 19.1 Å². The highest BCUT2D eigenvalue weighted by atomic mass is 16.5. The molecule has 0 amide bonds. The van der Waals surface area contributed by atoms with Crippen LogP contribution >= 0.6 is 0 Å². The first-order valence-corrected chi connectivity index (χ1v) is 11.7. The summed E-state index contributed by atoms with van der Waals surface area (Å²) in [6, 6.07) is 7.39. The summed E-state index contributed by atoms with van der Waals surface area (Å²) in [6.45, 7) is 9.57. The number of carboxylic acids is 1. The zero-order chi connectivity index (χ0) is 25.0. The van der Waals surface area contributed by atoms with E-state index in [0.717, 1.165) is 39.0 Å². The fourth-order valence-corrected chi connectivity index (χ4v) is 5.09. The average Bonchev–Trinajstić information content (AvgIpc) is 3.20. The molecule has 1 aromatic carbocycles. The minimum absolute atomic E-state index is 0.00329. The highest BCUT2D eigenvalue weighted by Gasteiger charge is 2.34. The van der Waals surface area contributed by atoms with Crippen molar-refractivity contribution in [1.29, 1.82) is 0 Å². The molecule has 0 fully saturated rings. The maximum Gasteiger partial charge on any atom is 0.334 e. The van der Waals surface area contributed by atoms with Gasteiger partial charge in [0.1, 0.15) is 18.5 Å². The van der Waals surface area contributed by atoms with Crippen LogP contribution in [0.2, 0.25) is 0 Å². The quantitative estimate of drug-likeness (QED) is 0.333. The Morgan fingerprint density at radius 3 is 2.74 bits per heavy atom. The molecule has 180 valence electrons. The second-order valence-corrected chi connectivity index (χ2v) is 8.96. The Morgan fingerprint density at radius 1 is 1.29 bits per heavy atom. The number of rotatable bonds is 6. The van der Waals surface area contributed by atoms with Gasteiger partial charge in [0.15, 0.2) is 0 Å². The maximum atomic E-state index is 13.4. The molecule has 1 N–H and O–H groups in total. The molecule has 0 saturated heterocycles. The number of esters is 1. The van der Waals surface area contributed by atoms with Crippen molar-refractivity contribution in [2.24, 2.45) is 0 Å². The van der Waals surface area contributed by atoms with Crippen LogP contribution < -0.4 is 10.3 Å². The molecule has 2 aliphatic heterocycles. The van der Waals surface area contributed by atoms with Crippen LogP contribution in [-0.2, 0) is 33.9 Å². The number of nitrogens with zero attached hydrogens (tertiary/aromatic N) is 2. The number of ether oxygens (including phenoxy) is 2. The summed E-state index contributed by atoms with van der Waals surface area (Å²) in [5, 5.41) is 10.1. The van der Waals surface area contributed by atoms with Crippen molar-refractivity contribution in [1.82, 2.24) is 9.55 Å². The smallest absolute Gasteiger partial charge is 0.334 e. The third kappa shape index (κ3) is 3.51. The van der Waals surface area contributed by atoms with Crippen LogP contribution in [0.1, 0.15) is 55.4 Å². The van der Waals surface area contributed by atoms with E-state index in [9.17, 15) is 19.5 Å². The van der Waals surface area contributed by atoms with Crippen LogP contribution in [0, 0.1) is 0 Å². The van der Waals surface area contributed by atoms with E-state index in [2.05, 4.69) is 6.58 Å². The standard InChI is InChI=1S/C27H26N2O6/c1-5-16-19-9-15(35-14(4)13(3)26(31)32)7-8-22(19)28-24-20(16)11-29-23(24)10-18-17(6-2)27(33)34-12-21(18)25(29)30/h7-10,14,17H,3,5-6,11-12H2,1-2,4H3,(H,31,32). The van der Waals surface area contributed by atoms with Crippen molar-refractivity contribution in [3.63, 3.8) is 0 Å². The number of carboxylic acid groups (broad SMARTS) is 1. The average molecular weight is 475 g/mol. The minimum Gasteiger partial charge on any atom is -0.486 e. The summed E-state index contributed by atoms with van der Waals surface area (Å²) in [6.07, 6.45) is 0.578. The molecule has 4 heterocycles. The topological polar surface area (TPSA) is 108 Å². The van der Waals surface area contributed by atoms with Crippen molar-refractivity contribution in [3.05, 3.63) is 69.0 Å². The summed E-state index contributed by atoms with van der Waals surface area (Å²) in [7, 11) is 0. The third-order valence-corrected chi connectivity index (χ3v) is 7.03. The van der Waals surface area contributed by atoms with E-state index in [1.165, 1.54) is 0 Å². The third-order valence-electron chi connectivity index (χ3n) is 7.03. The number of carbonyl (C=O) groups is 2. The van der Waals surface area contributed by atoms with Gasteiger partial charge >= 0.3 is 11.9 Å². The summed E-state index contributed by atoms with van der Waals surface area (Å²) in [5.74, 6) is -1.32. The van der Waals surface area contributed by atoms with Crippen molar-refractivity contribution >= 4 is 22.8 Å². The number of benzene rings is 1. The van der Waals surface area contributed by atoms with E-state index in [4.69, 9.17) is 14.5 Å². The lowest BCUT2D eigenvalue weighted by Crippen LogP contribution is -2.32. The van der Waals surface area contributed by atoms with Gasteiger partial charge in [-0.1, -0.05) is 20.4 Å². The van der Waals surface area contributed by atoms with E-state index in [1.54, 1.807) is 17.6 Å². The molecule has 2 aliphatic rings. The molecule has 5 rings (SSSR count). The lowest BCUT2D eigenvalue weighted by molar-refractivity contribution is -0.148. The largest absolute Gasteiger partial charge is 0.486 e. The predicted molar refractivity (Wildman–Crippen MR) is 130 cm³/mol. The van der Waals surface area contributed by atoms with E-state index >= 15 is 0 Å². The Labute approximate surface area is 201 Å². The van der Waals surface area contributed by atoms with Gasteiger partial charge in [-0.05, 0) is 55.2 Å². The summed E-state index contributed by atoms with van der Waals surface area (Å²) in [5.41, 5.74) is 5.37. The normalized spacial score (nSPS) is 16.8. The fraction of sp³-hybridized carbons (Fsp3) is 0.333. The Bertz CT molecular complexity index is 1490. The van der Waals surface area contributed by atoms with Gasteiger partial charge in [0.25, 0.3) is 5.56 Å². The minimum atomic E-state index is -1.10. The molecule has 0 aliphatic carbocycles. The monoisotopic (exact) mass is 474 g/mol. The summed E-state index contributed by atoms with van der Waals surface area (Å²) in [4.78, 5) is 41.8. The second-order valence-electron chi connectivity index (χ2n) is 8.96. The molecule has 0 saturated carbocycles. The molecule has 2 atom stereocenters. The van der Waals surface area contributed by atoms with Crippen LogP contribution in [0.25, 0.3) is 22.3 Å². The van der Waals surface area contributed by atoms with Gasteiger partial charge in [-0.3, -0.25) is 9.59 Å². The van der Waals surface area contributed by atoms with Crippen LogP contribution in [0.4, 0.5) is 0 Å². The lowest BCUT2D eigenvalue weighted by atomic mass is 9.90. The number of cyclic esters (lactones) is 1. The Kier molecular flexibility index (Phi) is 5.46. The number of pyridine rings is 2. The summed E-state index contributed by atoms with van der Waals surface area (Å²) < 4.78 is 12.8. The second kappa shape index (κ2) is 8.37. The van der Waals surface area contributed by atoms with Crippen LogP contribution in [0.15, 0.2) is 41.2 Å². The van der Waals surface area contributed by atoms with Gasteiger partial charge in [-0.25, -0.2) is 9.78 Å². The van der Waals surface area contributed by atoms with Crippen LogP contribution in [0.3, 0.4) is 0 Å². The first-order valence-electron chi connectivity index (χ1n) is 11.7. The molecule has 8 heteroatoms. The molecular weight excluding hydrogens is 448 g/mol.